The zero-order valence-electron chi connectivity index (χ0n) is 47.2. The third-order valence-electron chi connectivity index (χ3n) is 13.7. The van der Waals surface area contributed by atoms with Gasteiger partial charge in [0, 0.05) is 90.0 Å². The number of carbonyl (C=O) groups excluding carboxylic acids is 6. The number of unbranched alkanes of at least 4 members (excludes halogenated alkanes) is 3. The fourth-order valence-electron chi connectivity index (χ4n) is 9.49. The van der Waals surface area contributed by atoms with E-state index in [4.69, 9.17) is 20.9 Å². The Kier molecular flexibility index (Phi) is 23.3. The number of carbonyl (C=O) groups is 7. The fraction of sp³-hybridized carbons (Fsp3) is 0.235. The van der Waals surface area contributed by atoms with E-state index in [9.17, 15) is 33.6 Å². The number of hydroxylamine groups is 4. The molecule has 0 unspecified atom stereocenters. The lowest BCUT2D eigenvalue weighted by Crippen LogP contribution is -2.32. The quantitative estimate of drug-likeness (QED) is 0.0463. The minimum absolute atomic E-state index is 0.0651. The molecule has 2 fully saturated rings. The van der Waals surface area contributed by atoms with E-state index in [-0.39, 0.29) is 49.4 Å². The van der Waals surface area contributed by atoms with Crippen LogP contribution in [0.25, 0.3) is 65.7 Å². The number of nitrogens with two attached hydrogens (primary N) is 1. The summed E-state index contributed by atoms with van der Waals surface area (Å²) in [7, 11) is 0. The van der Waals surface area contributed by atoms with Crippen LogP contribution in [0.15, 0.2) is 182 Å². The van der Waals surface area contributed by atoms with Crippen molar-refractivity contribution in [3.63, 3.8) is 0 Å². The van der Waals surface area contributed by atoms with Crippen LogP contribution in [0.3, 0.4) is 0 Å². The lowest BCUT2D eigenvalue weighted by atomic mass is 9.94. The van der Waals surface area contributed by atoms with Crippen LogP contribution < -0.4 is 5.73 Å². The van der Waals surface area contributed by atoms with Gasteiger partial charge in [0.25, 0.3) is 23.6 Å². The molecule has 16 nitrogen and oxygen atoms in total. The first kappa shape index (κ1) is 62.0. The average Bonchev–Trinajstić information content (AvgIpc) is 4.12. The number of hydrogen-bond donors (Lipinski definition) is 3. The van der Waals surface area contributed by atoms with Crippen LogP contribution >= 0.6 is 0 Å². The number of aromatic nitrogens is 3. The van der Waals surface area contributed by atoms with Crippen LogP contribution in [0.4, 0.5) is 0 Å². The van der Waals surface area contributed by atoms with Crippen LogP contribution in [-0.4, -0.2) is 83.3 Å². The van der Waals surface area contributed by atoms with E-state index in [0.29, 0.717) is 29.3 Å². The van der Waals surface area contributed by atoms with Gasteiger partial charge in [-0.2, -0.15) is 5.06 Å². The molecule has 4 amide bonds. The second-order valence-corrected chi connectivity index (χ2v) is 19.8. The minimum Gasteiger partial charge on any atom is -0.481 e. The van der Waals surface area contributed by atoms with Crippen molar-refractivity contribution < 1.29 is 48.7 Å². The van der Waals surface area contributed by atoms with Crippen molar-refractivity contribution in [2.75, 3.05) is 6.54 Å². The molecule has 4 N–H and O–H groups in total. The predicted molar refractivity (Wildman–Crippen MR) is 323 cm³/mol. The van der Waals surface area contributed by atoms with Crippen molar-refractivity contribution in [1.82, 2.24) is 25.1 Å². The summed E-state index contributed by atoms with van der Waals surface area (Å²) in [5.41, 5.74) is 13.0. The summed E-state index contributed by atoms with van der Waals surface area (Å²) in [5, 5.41) is 24.4. The molecule has 2 saturated heterocycles. The number of nitrogens with zero attached hydrogens (tertiary/aromatic N) is 5. The van der Waals surface area contributed by atoms with Crippen molar-refractivity contribution in [2.24, 2.45) is 5.73 Å². The second kappa shape index (κ2) is 31.5. The highest BCUT2D eigenvalue weighted by molar-refractivity contribution is 6.03. The van der Waals surface area contributed by atoms with Crippen molar-refractivity contribution in [3.8, 4) is 33.4 Å². The highest BCUT2D eigenvalue weighted by atomic mass is 16.7. The number of amides is 4. The van der Waals surface area contributed by atoms with Gasteiger partial charge in [0.15, 0.2) is 0 Å². The number of Topliss-reactive ketones (excluding diaryl/α,β-unsaturated/α-hetero) is 1. The third-order valence-corrected chi connectivity index (χ3v) is 13.7. The number of benzene rings is 6. The summed E-state index contributed by atoms with van der Waals surface area (Å²) < 4.78 is 0. The monoisotopic (exact) mass is 1130 g/mol. The summed E-state index contributed by atoms with van der Waals surface area (Å²) in [6.07, 6.45) is 12.2. The summed E-state index contributed by atoms with van der Waals surface area (Å²) in [6.45, 7) is 5.13. The van der Waals surface area contributed by atoms with E-state index in [1.54, 1.807) is 12.4 Å². The first-order valence-electron chi connectivity index (χ1n) is 28.1. The van der Waals surface area contributed by atoms with Crippen molar-refractivity contribution in [2.45, 2.75) is 97.3 Å². The first-order valence-corrected chi connectivity index (χ1v) is 28.1. The molecule has 430 valence electrons. The molecule has 0 bridgehead atoms. The van der Waals surface area contributed by atoms with Crippen LogP contribution in [0, 0.1) is 0 Å². The molecule has 2 aliphatic heterocycles. The molecule has 0 atom stereocenters. The molecule has 5 heterocycles. The van der Waals surface area contributed by atoms with Crippen molar-refractivity contribution >= 4 is 73.7 Å². The maximum atomic E-state index is 12.4. The van der Waals surface area contributed by atoms with Gasteiger partial charge in [-0.05, 0) is 52.2 Å². The van der Waals surface area contributed by atoms with E-state index in [1.165, 1.54) is 12.8 Å². The van der Waals surface area contributed by atoms with Gasteiger partial charge in [-0.25, -0.2) is 4.79 Å². The molecular formula is C68H68N6O10. The molecule has 2 aliphatic rings. The van der Waals surface area contributed by atoms with E-state index in [2.05, 4.69) is 53.1 Å². The first-order chi connectivity index (χ1) is 40.8. The zero-order valence-corrected chi connectivity index (χ0v) is 47.2. The minimum atomic E-state index is -0.870. The van der Waals surface area contributed by atoms with Gasteiger partial charge in [0.2, 0.25) is 0 Å². The Balaban J connectivity index is 0.000000164. The number of carboxylic acid groups (broad SMARTS) is 1. The molecule has 84 heavy (non-hydrogen) atoms. The molecular weight excluding hydrogens is 1060 g/mol. The van der Waals surface area contributed by atoms with Gasteiger partial charge in [0.05, 0.1) is 29.9 Å². The Morgan fingerprint density at radius 3 is 1.18 bits per heavy atom. The fourth-order valence-corrected chi connectivity index (χ4v) is 9.49. The normalized spacial score (nSPS) is 12.6. The molecule has 0 saturated carbocycles. The molecule has 9 aromatic rings. The predicted octanol–water partition coefficient (Wildman–Crippen LogP) is 12.4. The molecule has 11 rings (SSSR count). The average molecular weight is 1130 g/mol. The Hall–Kier alpha value is -9.64. The van der Waals surface area contributed by atoms with E-state index in [0.717, 1.165) is 97.2 Å². The SMILES string of the molecule is CCCCCC(=O)Cc1ncc2ccccc2c1-c1ccccc1.CCCCN.O=C(Cc1ncc2ccccc2c1-c1ccccc1)ON1C(=O)CCC1=O.O=C(O)Cc1ncc2ccccc2c1-c1ccccc1.O=C1CCC(=O)N1O. The standard InChI is InChI=1S/C22H23NO.C21H16N2O4.C17H13NO2.C4H5NO3.C4H11N/c1-2-3-5-13-19(24)15-21-22(17-10-6-4-7-11-17)20-14-9-8-12-18(20)16-23-21;24-18-10-11-19(25)23(18)27-20(26)12-17-21(14-6-2-1-3-7-14)16-9-5-4-8-15(16)13-22-17;19-16(20)10-15-17(12-6-2-1-3-7-12)14-9-5-4-8-13(14)11-18-15;6-3-1-2-4(7)5(3)8;1-2-3-4-5/h4,6-12,14,16H,2-3,5,13,15H2,1H3;1-9,13H,10-12H2;1-9,11H,10H2,(H,19,20);8H,1-2H2;2-5H2,1H3. The number of carboxylic acids is 1. The molecule has 16 heteroatoms. The number of ketones is 1. The second-order valence-electron chi connectivity index (χ2n) is 19.8. The molecule has 0 spiro atoms. The van der Waals surface area contributed by atoms with Crippen molar-refractivity contribution in [1.29, 1.82) is 0 Å². The maximum absolute atomic E-state index is 12.4. The van der Waals surface area contributed by atoms with E-state index in [1.807, 2.05) is 146 Å². The highest BCUT2D eigenvalue weighted by Gasteiger charge is 2.33. The number of hydrogen-bond acceptors (Lipinski definition) is 13. The number of pyridine rings is 3. The van der Waals surface area contributed by atoms with Gasteiger partial charge in [0.1, 0.15) is 5.78 Å². The van der Waals surface area contributed by atoms with E-state index >= 15 is 0 Å². The maximum Gasteiger partial charge on any atom is 0.339 e. The Bertz CT molecular complexity index is 3700. The number of fused-ring (bicyclic) bond motifs is 3. The van der Waals surface area contributed by atoms with Gasteiger partial charge in [-0.1, -0.05) is 197 Å². The Labute approximate surface area is 487 Å². The number of rotatable bonds is 16. The Morgan fingerprint density at radius 1 is 0.476 bits per heavy atom. The number of imide groups is 2. The lowest BCUT2D eigenvalue weighted by molar-refractivity contribution is -0.197. The zero-order chi connectivity index (χ0) is 59.8. The summed E-state index contributed by atoms with van der Waals surface area (Å²) in [4.78, 5) is 98.0. The molecule has 0 radical (unpaired) electrons. The van der Waals surface area contributed by atoms with E-state index < -0.39 is 35.6 Å². The number of aliphatic carboxylic acids is 1. The van der Waals surface area contributed by atoms with Crippen molar-refractivity contribution in [3.05, 3.63) is 199 Å². The van der Waals surface area contributed by atoms with Crippen LogP contribution in [-0.2, 0) is 57.7 Å². The van der Waals surface area contributed by atoms with Gasteiger partial charge >= 0.3 is 11.9 Å². The highest BCUT2D eigenvalue weighted by Crippen LogP contribution is 2.34. The lowest BCUT2D eigenvalue weighted by Gasteiger charge is -2.15. The van der Waals surface area contributed by atoms with Gasteiger partial charge in [-0.3, -0.25) is 48.9 Å². The largest absolute Gasteiger partial charge is 0.481 e. The summed E-state index contributed by atoms with van der Waals surface area (Å²) >= 11 is 0. The summed E-state index contributed by atoms with van der Waals surface area (Å²) in [5.74, 6) is -3.29. The smallest absolute Gasteiger partial charge is 0.339 e. The summed E-state index contributed by atoms with van der Waals surface area (Å²) in [6, 6.07) is 53.6. The molecule has 0 aliphatic carbocycles. The van der Waals surface area contributed by atoms with Gasteiger partial charge in [-0.15, -0.1) is 5.06 Å². The molecule has 3 aromatic heterocycles. The molecule has 6 aromatic carbocycles. The topological polar surface area (TPSA) is 240 Å². The Morgan fingerprint density at radius 2 is 0.833 bits per heavy atom. The van der Waals surface area contributed by atoms with Crippen LogP contribution in [0.1, 0.15) is 95.1 Å². The third kappa shape index (κ3) is 17.0. The van der Waals surface area contributed by atoms with Gasteiger partial charge < -0.3 is 15.7 Å². The van der Waals surface area contributed by atoms with Crippen LogP contribution in [0.5, 0.6) is 0 Å². The van der Waals surface area contributed by atoms with Crippen LogP contribution in [0.2, 0.25) is 0 Å².